The van der Waals surface area contributed by atoms with E-state index in [1.54, 1.807) is 0 Å². The molecule has 0 aromatic carbocycles. The molecule has 0 saturated carbocycles. The quantitative estimate of drug-likeness (QED) is 0.516. The largest absolute Gasteiger partial charge is 0.303 e. The van der Waals surface area contributed by atoms with E-state index in [0.717, 1.165) is 25.7 Å². The first kappa shape index (κ1) is 14.6. The Morgan fingerprint density at radius 2 is 1.40 bits per heavy atom. The summed E-state index contributed by atoms with van der Waals surface area (Å²) in [5.41, 5.74) is 0.388. The first-order chi connectivity index (χ1) is 6.69. The number of hydrogen-bond donors (Lipinski definition) is 0. The normalized spacial score (nSPS) is 13.3. The number of unbranched alkanes of at least 4 members (excludes halogenated alkanes) is 2. The van der Waals surface area contributed by atoms with Crippen LogP contribution in [0.5, 0.6) is 0 Å². The van der Waals surface area contributed by atoms with Gasteiger partial charge < -0.3 is 4.79 Å². The Morgan fingerprint density at radius 3 is 1.73 bits per heavy atom. The highest BCUT2D eigenvalue weighted by Gasteiger charge is 2.30. The van der Waals surface area contributed by atoms with Gasteiger partial charge in [0.05, 0.1) is 0 Å². The van der Waals surface area contributed by atoms with Gasteiger partial charge >= 0.3 is 0 Å². The summed E-state index contributed by atoms with van der Waals surface area (Å²) in [4.78, 5) is 12.7. The number of nitrogens with zero attached hydrogens (tertiary/aromatic N) is 1. The molecule has 0 amide bonds. The van der Waals surface area contributed by atoms with E-state index in [1.807, 2.05) is 0 Å². The second-order valence-corrected chi connectivity index (χ2v) is 6.16. The fourth-order valence-corrected chi connectivity index (χ4v) is 2.17. The molecule has 0 saturated heterocycles. The van der Waals surface area contributed by atoms with Crippen LogP contribution in [-0.2, 0) is 4.79 Å². The first-order valence-electron chi connectivity index (χ1n) is 5.91. The number of carbonyl (C=O) groups excluding carboxylic acids is 1. The Kier molecular flexibility index (Phi) is 5.50. The average Bonchev–Trinajstić information content (AvgIpc) is 1.99. The number of carbonyl (C=O) groups is 1. The van der Waals surface area contributed by atoms with Crippen molar-refractivity contribution in [3.8, 4) is 0 Å². The Bertz CT molecular complexity index is 172. The molecule has 0 bridgehead atoms. The monoisotopic (exact) mass is 213 g/mol. The van der Waals surface area contributed by atoms with Gasteiger partial charge in [-0.1, -0.05) is 0 Å². The molecule has 0 aliphatic rings. The van der Waals surface area contributed by atoms with Crippen LogP contribution >= 0.6 is 0 Å². The van der Waals surface area contributed by atoms with E-state index in [-0.39, 0.29) is 11.1 Å². The lowest BCUT2D eigenvalue weighted by Gasteiger charge is -2.45. The lowest BCUT2D eigenvalue weighted by molar-refractivity contribution is -0.107. The van der Waals surface area contributed by atoms with Crippen molar-refractivity contribution in [1.29, 1.82) is 0 Å². The molecule has 2 heteroatoms. The van der Waals surface area contributed by atoms with Crippen LogP contribution in [0.4, 0.5) is 0 Å². The third-order valence-corrected chi connectivity index (χ3v) is 2.57. The van der Waals surface area contributed by atoms with Crippen molar-refractivity contribution >= 4 is 6.29 Å². The smallest absolute Gasteiger partial charge is 0.119 e. The minimum absolute atomic E-state index is 0.194. The molecule has 0 fully saturated rings. The average molecular weight is 213 g/mol. The Hall–Kier alpha value is -0.370. The van der Waals surface area contributed by atoms with E-state index >= 15 is 0 Å². The third kappa shape index (κ3) is 5.93. The van der Waals surface area contributed by atoms with Crippen molar-refractivity contribution in [2.24, 2.45) is 0 Å². The number of rotatable bonds is 5. The predicted molar refractivity (Wildman–Crippen MR) is 66.1 cm³/mol. The molecular weight excluding hydrogens is 186 g/mol. The molecule has 0 aromatic rings. The molecule has 15 heavy (non-hydrogen) atoms. The van der Waals surface area contributed by atoms with Crippen LogP contribution in [0.2, 0.25) is 0 Å². The molecule has 0 N–H and O–H groups in total. The third-order valence-electron chi connectivity index (χ3n) is 2.57. The lowest BCUT2D eigenvalue weighted by atomic mass is 9.95. The van der Waals surface area contributed by atoms with Crippen LogP contribution in [-0.4, -0.2) is 28.8 Å². The van der Waals surface area contributed by atoms with Gasteiger partial charge in [-0.25, -0.2) is 0 Å². The van der Waals surface area contributed by atoms with Gasteiger partial charge in [0.25, 0.3) is 0 Å². The lowest BCUT2D eigenvalue weighted by Crippen LogP contribution is -2.52. The zero-order valence-electron chi connectivity index (χ0n) is 11.3. The molecule has 90 valence electrons. The summed E-state index contributed by atoms with van der Waals surface area (Å²) in [6.45, 7) is 14.6. The van der Waals surface area contributed by atoms with Gasteiger partial charge in [0.2, 0.25) is 0 Å². The fourth-order valence-electron chi connectivity index (χ4n) is 2.17. The summed E-state index contributed by atoms with van der Waals surface area (Å²) >= 11 is 0. The fraction of sp³-hybridized carbons (Fsp3) is 0.923. The summed E-state index contributed by atoms with van der Waals surface area (Å²) in [6.07, 6.45) is 3.82. The zero-order chi connectivity index (χ0) is 12.1. The number of hydrogen-bond acceptors (Lipinski definition) is 2. The maximum absolute atomic E-state index is 10.2. The molecule has 0 aliphatic heterocycles. The summed E-state index contributed by atoms with van der Waals surface area (Å²) in [6, 6.07) is 0. The molecule has 0 aliphatic carbocycles. The minimum Gasteiger partial charge on any atom is -0.303 e. The van der Waals surface area contributed by atoms with Crippen LogP contribution in [0.3, 0.4) is 0 Å². The standard InChI is InChI=1S/C13H27NO/c1-12(2,3)14(13(4,5)6)10-8-7-9-11-15/h11H,7-10H2,1-6H3. The molecule has 0 heterocycles. The maximum Gasteiger partial charge on any atom is 0.119 e. The van der Waals surface area contributed by atoms with Crippen LogP contribution in [0.15, 0.2) is 0 Å². The van der Waals surface area contributed by atoms with E-state index in [0.29, 0.717) is 6.42 Å². The van der Waals surface area contributed by atoms with Crippen LogP contribution in [0.1, 0.15) is 60.8 Å². The molecular formula is C13H27NO. The molecule has 0 radical (unpaired) electrons. The molecule has 2 nitrogen and oxygen atoms in total. The second-order valence-electron chi connectivity index (χ2n) is 6.16. The van der Waals surface area contributed by atoms with Gasteiger partial charge in [0.15, 0.2) is 0 Å². The topological polar surface area (TPSA) is 20.3 Å². The van der Waals surface area contributed by atoms with Gasteiger partial charge in [0, 0.05) is 17.5 Å². The second kappa shape index (κ2) is 5.64. The van der Waals surface area contributed by atoms with Crippen LogP contribution in [0, 0.1) is 0 Å². The summed E-state index contributed by atoms with van der Waals surface area (Å²) < 4.78 is 0. The highest BCUT2D eigenvalue weighted by molar-refractivity contribution is 5.48. The number of aldehydes is 1. The summed E-state index contributed by atoms with van der Waals surface area (Å²) in [7, 11) is 0. The van der Waals surface area contributed by atoms with Gasteiger partial charge in [-0.05, 0) is 60.9 Å². The highest BCUT2D eigenvalue weighted by Crippen LogP contribution is 2.25. The highest BCUT2D eigenvalue weighted by atomic mass is 16.1. The SMILES string of the molecule is CC(C)(C)N(CCCCC=O)C(C)(C)C. The van der Waals surface area contributed by atoms with Crippen molar-refractivity contribution in [2.75, 3.05) is 6.54 Å². The molecule has 0 rings (SSSR count). The van der Waals surface area contributed by atoms with Crippen molar-refractivity contribution < 1.29 is 4.79 Å². The summed E-state index contributed by atoms with van der Waals surface area (Å²) in [5, 5.41) is 0. The van der Waals surface area contributed by atoms with E-state index in [2.05, 4.69) is 46.4 Å². The first-order valence-corrected chi connectivity index (χ1v) is 5.91. The molecule has 0 unspecified atom stereocenters. The van der Waals surface area contributed by atoms with Crippen molar-refractivity contribution in [2.45, 2.75) is 71.9 Å². The maximum atomic E-state index is 10.2. The van der Waals surface area contributed by atoms with Crippen molar-refractivity contribution in [3.05, 3.63) is 0 Å². The Morgan fingerprint density at radius 1 is 0.933 bits per heavy atom. The Balaban J connectivity index is 4.22. The van der Waals surface area contributed by atoms with E-state index in [4.69, 9.17) is 0 Å². The predicted octanol–water partition coefficient (Wildman–Crippen LogP) is 3.25. The van der Waals surface area contributed by atoms with E-state index in [1.165, 1.54) is 0 Å². The van der Waals surface area contributed by atoms with E-state index < -0.39 is 0 Å². The minimum atomic E-state index is 0.194. The van der Waals surface area contributed by atoms with Crippen LogP contribution in [0.25, 0.3) is 0 Å². The molecule has 0 aromatic heterocycles. The van der Waals surface area contributed by atoms with Gasteiger partial charge in [-0.2, -0.15) is 0 Å². The summed E-state index contributed by atoms with van der Waals surface area (Å²) in [5.74, 6) is 0. The van der Waals surface area contributed by atoms with E-state index in [9.17, 15) is 4.79 Å². The van der Waals surface area contributed by atoms with Crippen molar-refractivity contribution in [1.82, 2.24) is 4.90 Å². The van der Waals surface area contributed by atoms with Gasteiger partial charge in [-0.3, -0.25) is 4.90 Å². The zero-order valence-corrected chi connectivity index (χ0v) is 11.3. The Labute approximate surface area is 95.0 Å². The molecule has 0 atom stereocenters. The molecule has 0 spiro atoms. The van der Waals surface area contributed by atoms with Gasteiger partial charge in [0.1, 0.15) is 6.29 Å². The van der Waals surface area contributed by atoms with Crippen molar-refractivity contribution in [3.63, 3.8) is 0 Å². The van der Waals surface area contributed by atoms with Gasteiger partial charge in [-0.15, -0.1) is 0 Å². The van der Waals surface area contributed by atoms with Crippen LogP contribution < -0.4 is 0 Å².